The predicted molar refractivity (Wildman–Crippen MR) is 143 cm³/mol. The number of hydrogen-bond donors (Lipinski definition) is 0. The van der Waals surface area contributed by atoms with E-state index in [4.69, 9.17) is 0 Å². The second-order valence-electron chi connectivity index (χ2n) is 11.3. The molecule has 0 fully saturated rings. The van der Waals surface area contributed by atoms with E-state index in [2.05, 4.69) is 20.8 Å². The summed E-state index contributed by atoms with van der Waals surface area (Å²) in [6, 6.07) is 0. The minimum Gasteiger partial charge on any atom is -0.550 e. The topological polar surface area (TPSA) is 120 Å². The molecule has 0 N–H and O–H groups in total. The molecule has 0 saturated carbocycles. The van der Waals surface area contributed by atoms with Crippen molar-refractivity contribution in [3.05, 3.63) is 0 Å². The predicted octanol–water partition coefficient (Wildman–Crippen LogP) is 5.20. The Morgan fingerprint density at radius 1 is 0.486 bits per heavy atom. The Hall–Kier alpha value is -0.0705. The summed E-state index contributed by atoms with van der Waals surface area (Å²) in [7, 11) is 0. The largest absolute Gasteiger partial charge is 3.00 e. The van der Waals surface area contributed by atoms with Crippen molar-refractivity contribution >= 4 is 17.9 Å². The summed E-state index contributed by atoms with van der Waals surface area (Å²) in [6.45, 7) is 17.3. The van der Waals surface area contributed by atoms with Crippen LogP contribution >= 0.6 is 0 Å². The van der Waals surface area contributed by atoms with Crippen LogP contribution in [0.2, 0.25) is 0 Å². The quantitative estimate of drug-likeness (QED) is 0.183. The molecule has 0 bridgehead atoms. The maximum atomic E-state index is 10.8. The van der Waals surface area contributed by atoms with E-state index in [0.29, 0.717) is 6.42 Å². The van der Waals surface area contributed by atoms with E-state index in [9.17, 15) is 29.7 Å². The van der Waals surface area contributed by atoms with Gasteiger partial charge in [-0.3, -0.25) is 0 Å². The van der Waals surface area contributed by atoms with E-state index in [1.54, 1.807) is 27.7 Å². The summed E-state index contributed by atoms with van der Waals surface area (Å²) in [5, 5.41) is 32.1. The molecule has 1 radical (unpaired) electrons. The molecule has 0 heterocycles. The third kappa shape index (κ3) is 22.4. The molecule has 0 rings (SSSR count). The first kappa shape index (κ1) is 44.0. The van der Waals surface area contributed by atoms with Gasteiger partial charge in [-0.25, -0.2) is 0 Å². The van der Waals surface area contributed by atoms with Gasteiger partial charge in [0.05, 0.1) is 0 Å². The molecular weight excluding hydrogens is 629 g/mol. The first-order valence-electron chi connectivity index (χ1n) is 14.3. The fourth-order valence-corrected chi connectivity index (χ4v) is 3.73. The van der Waals surface area contributed by atoms with Crippen molar-refractivity contribution in [2.24, 2.45) is 16.2 Å². The Morgan fingerprint density at radius 2 is 0.892 bits per heavy atom. The Morgan fingerprint density at radius 3 is 1.24 bits per heavy atom. The minimum atomic E-state index is -0.931. The summed E-state index contributed by atoms with van der Waals surface area (Å²) in [5.74, 6) is -2.72. The zero-order chi connectivity index (χ0) is 28.8. The van der Waals surface area contributed by atoms with Crippen molar-refractivity contribution in [3.8, 4) is 0 Å². The van der Waals surface area contributed by atoms with Crippen LogP contribution < -0.4 is 15.3 Å². The monoisotopic (exact) mass is 687 g/mol. The van der Waals surface area contributed by atoms with Crippen molar-refractivity contribution in [2.45, 2.75) is 159 Å². The zero-order valence-corrected chi connectivity index (χ0v) is 27.0. The van der Waals surface area contributed by atoms with Gasteiger partial charge in [0.1, 0.15) is 0 Å². The molecule has 227 valence electrons. The molecule has 2 atom stereocenters. The van der Waals surface area contributed by atoms with E-state index in [-0.39, 0.29) is 46.9 Å². The van der Waals surface area contributed by atoms with Gasteiger partial charge in [0.25, 0.3) is 0 Å². The molecule has 0 aliphatic rings. The van der Waals surface area contributed by atoms with E-state index < -0.39 is 34.2 Å². The van der Waals surface area contributed by atoms with Crippen LogP contribution in [0.3, 0.4) is 0 Å². The zero-order valence-electron chi connectivity index (χ0n) is 25.3. The summed E-state index contributed by atoms with van der Waals surface area (Å²) in [6.07, 6.45) is 14.3. The van der Waals surface area contributed by atoms with Gasteiger partial charge < -0.3 is 29.7 Å². The molecule has 0 amide bonds. The number of carbonyl (C=O) groups is 3. The van der Waals surface area contributed by atoms with Gasteiger partial charge in [0.15, 0.2) is 0 Å². The fraction of sp³-hybridized carbons (Fsp3) is 0.900. The summed E-state index contributed by atoms with van der Waals surface area (Å²) < 4.78 is 0. The minimum absolute atomic E-state index is 0. The van der Waals surface area contributed by atoms with Crippen LogP contribution in [0.15, 0.2) is 0 Å². The molecule has 0 aliphatic carbocycles. The maximum Gasteiger partial charge on any atom is 3.00 e. The number of rotatable bonds is 18. The normalized spacial score (nSPS) is 13.9. The number of aliphatic carboxylic acids is 3. The fourth-order valence-electron chi connectivity index (χ4n) is 3.73. The Balaban J connectivity index is -0.000000218. The van der Waals surface area contributed by atoms with Crippen LogP contribution in [-0.4, -0.2) is 17.9 Å². The number of carbonyl (C=O) groups excluding carboxylic acids is 3. The van der Waals surface area contributed by atoms with Crippen LogP contribution in [0.25, 0.3) is 0 Å². The number of carboxylic acids is 3. The van der Waals surface area contributed by atoms with Crippen molar-refractivity contribution < 1.29 is 76.6 Å². The van der Waals surface area contributed by atoms with E-state index in [1.165, 1.54) is 12.8 Å². The summed E-state index contributed by atoms with van der Waals surface area (Å²) >= 11 is 0. The molecule has 0 aliphatic heterocycles. The molecule has 37 heavy (non-hydrogen) atoms. The van der Waals surface area contributed by atoms with E-state index in [1.807, 2.05) is 13.8 Å². The maximum absolute atomic E-state index is 10.8. The van der Waals surface area contributed by atoms with Gasteiger partial charge >= 0.3 is 46.9 Å². The number of hydrogen-bond acceptors (Lipinski definition) is 6. The molecule has 0 aromatic carbocycles. The van der Waals surface area contributed by atoms with Gasteiger partial charge in [0, 0.05) is 34.2 Å². The van der Waals surface area contributed by atoms with Crippen molar-refractivity contribution in [2.75, 3.05) is 0 Å². The van der Waals surface area contributed by atoms with Crippen LogP contribution in [0.5, 0.6) is 0 Å². The van der Waals surface area contributed by atoms with Gasteiger partial charge in [-0.1, -0.05) is 127 Å². The van der Waals surface area contributed by atoms with Crippen LogP contribution in [0.1, 0.15) is 159 Å². The van der Waals surface area contributed by atoms with Crippen LogP contribution in [0.4, 0.5) is 0 Å². The molecule has 0 saturated heterocycles. The molecule has 0 aromatic heterocycles. The van der Waals surface area contributed by atoms with Gasteiger partial charge in [-0.15, -0.1) is 0 Å². The van der Waals surface area contributed by atoms with E-state index >= 15 is 0 Å². The standard InChI is InChI=1S/3C10H20O2.Yb/c1-4-5-6-7-8-10(2,3)9(11)12;1-4-6-7-8-10(3,5-2)9(11)12;1-4-6-8-10(3,7-5-2)9(11)12;/h3*4-8H2,1-3H3,(H,11,12);/q;;;+3/p-3. The molecular formula is C30H57O6Yb. The first-order valence-corrected chi connectivity index (χ1v) is 14.3. The van der Waals surface area contributed by atoms with Crippen LogP contribution in [-0.2, 0) is 14.4 Å². The first-order chi connectivity index (χ1) is 16.6. The van der Waals surface area contributed by atoms with Gasteiger partial charge in [0.2, 0.25) is 0 Å². The second-order valence-corrected chi connectivity index (χ2v) is 11.3. The van der Waals surface area contributed by atoms with Gasteiger partial charge in [-0.05, 0) is 32.1 Å². The number of unbranched alkanes of at least 4 members (excludes halogenated alkanes) is 6. The SMILES string of the molecule is CCCCC(C)(CCC)C(=O)[O-].CCCCCC(C)(CC)C(=O)[O-].CCCCCCC(C)(C)C(=O)[O-].[Yb+3]. The molecule has 7 heteroatoms. The number of carboxylic acid groups (broad SMARTS) is 3. The average Bonchev–Trinajstić information content (AvgIpc) is 2.81. The van der Waals surface area contributed by atoms with Crippen molar-refractivity contribution in [3.63, 3.8) is 0 Å². The molecule has 2 unspecified atom stereocenters. The summed E-state index contributed by atoms with van der Waals surface area (Å²) in [5.41, 5.74) is -1.84. The van der Waals surface area contributed by atoms with Crippen molar-refractivity contribution in [1.29, 1.82) is 0 Å². The molecule has 0 aromatic rings. The van der Waals surface area contributed by atoms with Gasteiger partial charge in [-0.2, -0.15) is 0 Å². The molecule has 0 spiro atoms. The Labute approximate surface area is 267 Å². The summed E-state index contributed by atoms with van der Waals surface area (Å²) in [4.78, 5) is 32.1. The third-order valence-electron chi connectivity index (χ3n) is 7.19. The molecule has 6 nitrogen and oxygen atoms in total. The average molecular weight is 687 g/mol. The Bertz CT molecular complexity index is 593. The second kappa shape index (κ2) is 24.9. The van der Waals surface area contributed by atoms with Crippen LogP contribution in [0, 0.1) is 63.2 Å². The van der Waals surface area contributed by atoms with E-state index in [0.717, 1.165) is 77.0 Å². The Kier molecular flexibility index (Phi) is 29.6. The smallest absolute Gasteiger partial charge is 0.550 e. The van der Waals surface area contributed by atoms with Crippen molar-refractivity contribution in [1.82, 2.24) is 0 Å². The third-order valence-corrected chi connectivity index (χ3v) is 7.19.